The minimum absolute atomic E-state index is 0. The normalized spacial score (nSPS) is 10.7. The van der Waals surface area contributed by atoms with E-state index in [9.17, 15) is 18.0 Å². The number of nitrogens with two attached hydrogens (primary N) is 1. The molecule has 0 fully saturated rings. The maximum absolute atomic E-state index is 12.2. The van der Waals surface area contributed by atoms with E-state index in [4.69, 9.17) is 17.3 Å². The minimum Gasteiger partial charge on any atom is -0.366 e. The molecule has 0 unspecified atom stereocenters. The molecule has 2 N–H and O–H groups in total. The van der Waals surface area contributed by atoms with Crippen LogP contribution in [0, 0.1) is 0 Å². The van der Waals surface area contributed by atoms with Crippen molar-refractivity contribution in [3.63, 3.8) is 0 Å². The highest BCUT2D eigenvalue weighted by atomic mass is 35.5. The third kappa shape index (κ3) is 3.28. The lowest BCUT2D eigenvalue weighted by Crippen LogP contribution is -2.12. The molecular weight excluding hydrogens is 254 g/mol. The van der Waals surface area contributed by atoms with Gasteiger partial charge in [-0.1, -0.05) is 11.6 Å². The summed E-state index contributed by atoms with van der Waals surface area (Å²) in [6.45, 7) is 0. The molecule has 0 aliphatic rings. The minimum atomic E-state index is -4.52. The molecule has 0 bridgehead atoms. The third-order valence-corrected chi connectivity index (χ3v) is 1.87. The number of hydrogen-bond donors (Lipinski definition) is 1. The lowest BCUT2D eigenvalue weighted by atomic mass is 10.1. The molecule has 7 heteroatoms. The molecule has 0 heterocycles. The SMILES string of the molecule is Cl.NC(=O)c1ccc(C(F)(F)F)c(Cl)c1. The van der Waals surface area contributed by atoms with Crippen LogP contribution in [0.3, 0.4) is 0 Å². The van der Waals surface area contributed by atoms with Gasteiger partial charge >= 0.3 is 6.18 Å². The highest BCUT2D eigenvalue weighted by Gasteiger charge is 2.33. The van der Waals surface area contributed by atoms with Gasteiger partial charge in [-0.05, 0) is 18.2 Å². The quantitative estimate of drug-likeness (QED) is 0.828. The lowest BCUT2D eigenvalue weighted by Gasteiger charge is -2.08. The topological polar surface area (TPSA) is 43.1 Å². The molecule has 0 saturated carbocycles. The Balaban J connectivity index is 0.00000196. The summed E-state index contributed by atoms with van der Waals surface area (Å²) in [5, 5.41) is -0.534. The van der Waals surface area contributed by atoms with Gasteiger partial charge in [0.2, 0.25) is 5.91 Å². The van der Waals surface area contributed by atoms with Gasteiger partial charge in [0.1, 0.15) is 0 Å². The first-order valence-electron chi connectivity index (χ1n) is 3.49. The van der Waals surface area contributed by atoms with Crippen LogP contribution in [0.15, 0.2) is 18.2 Å². The van der Waals surface area contributed by atoms with Gasteiger partial charge in [0.15, 0.2) is 0 Å². The molecule has 2 nitrogen and oxygen atoms in total. The summed E-state index contributed by atoms with van der Waals surface area (Å²) >= 11 is 5.33. The molecule has 1 aromatic rings. The Bertz CT molecular complexity index is 379. The maximum atomic E-state index is 12.2. The standard InChI is InChI=1S/C8H5ClF3NO.ClH/c9-6-3-4(7(13)14)1-2-5(6)8(10,11)12;/h1-3H,(H2,13,14);1H. The van der Waals surface area contributed by atoms with E-state index in [1.54, 1.807) is 0 Å². The van der Waals surface area contributed by atoms with Gasteiger partial charge in [-0.2, -0.15) is 13.2 Å². The van der Waals surface area contributed by atoms with E-state index in [1.807, 2.05) is 0 Å². The lowest BCUT2D eigenvalue weighted by molar-refractivity contribution is -0.137. The smallest absolute Gasteiger partial charge is 0.366 e. The van der Waals surface area contributed by atoms with E-state index in [1.165, 1.54) is 0 Å². The number of carbonyl (C=O) groups is 1. The molecule has 0 saturated heterocycles. The summed E-state index contributed by atoms with van der Waals surface area (Å²) in [6.07, 6.45) is -4.52. The second kappa shape index (κ2) is 4.72. The number of hydrogen-bond acceptors (Lipinski definition) is 1. The fourth-order valence-corrected chi connectivity index (χ4v) is 1.19. The van der Waals surface area contributed by atoms with Crippen molar-refractivity contribution in [2.75, 3.05) is 0 Å². The van der Waals surface area contributed by atoms with Gasteiger partial charge in [-0.25, -0.2) is 0 Å². The number of primary amides is 1. The molecule has 1 aromatic carbocycles. The largest absolute Gasteiger partial charge is 0.417 e. The Morgan fingerprint density at radius 1 is 1.33 bits per heavy atom. The molecule has 0 radical (unpaired) electrons. The number of carbonyl (C=O) groups excluding carboxylic acids is 1. The monoisotopic (exact) mass is 259 g/mol. The van der Waals surface area contributed by atoms with E-state index < -0.39 is 22.7 Å². The van der Waals surface area contributed by atoms with Crippen molar-refractivity contribution in [1.29, 1.82) is 0 Å². The van der Waals surface area contributed by atoms with Crippen LogP contribution in [-0.2, 0) is 6.18 Å². The Kier molecular flexibility index (Phi) is 4.42. The van der Waals surface area contributed by atoms with Crippen LogP contribution in [0.2, 0.25) is 5.02 Å². The van der Waals surface area contributed by atoms with E-state index in [2.05, 4.69) is 0 Å². The van der Waals surface area contributed by atoms with Gasteiger partial charge in [0, 0.05) is 5.56 Å². The number of alkyl halides is 3. The van der Waals surface area contributed by atoms with Gasteiger partial charge < -0.3 is 5.73 Å². The predicted octanol–water partition coefficient (Wildman–Crippen LogP) is 2.88. The van der Waals surface area contributed by atoms with Crippen LogP contribution in [0.25, 0.3) is 0 Å². The Hall–Kier alpha value is -0.940. The summed E-state index contributed by atoms with van der Waals surface area (Å²) in [5.41, 5.74) is 3.83. The predicted molar refractivity (Wildman–Crippen MR) is 52.2 cm³/mol. The van der Waals surface area contributed by atoms with Crippen LogP contribution in [0.5, 0.6) is 0 Å². The second-order valence-electron chi connectivity index (χ2n) is 2.56. The van der Waals surface area contributed by atoms with E-state index in [0.29, 0.717) is 0 Å². The highest BCUT2D eigenvalue weighted by molar-refractivity contribution is 6.31. The molecule has 1 rings (SSSR count). The first-order chi connectivity index (χ1) is 6.32. The summed E-state index contributed by atoms with van der Waals surface area (Å²) in [5.74, 6) is -0.819. The van der Waals surface area contributed by atoms with Gasteiger partial charge in [0.05, 0.1) is 10.6 Å². The van der Waals surface area contributed by atoms with Crippen LogP contribution in [0.4, 0.5) is 13.2 Å². The zero-order chi connectivity index (χ0) is 10.9. The van der Waals surface area contributed by atoms with Crippen molar-refractivity contribution in [1.82, 2.24) is 0 Å². The molecule has 15 heavy (non-hydrogen) atoms. The first-order valence-corrected chi connectivity index (χ1v) is 3.86. The highest BCUT2D eigenvalue weighted by Crippen LogP contribution is 2.34. The van der Waals surface area contributed by atoms with Gasteiger partial charge in [0.25, 0.3) is 0 Å². The average molecular weight is 260 g/mol. The molecule has 0 aliphatic heterocycles. The van der Waals surface area contributed by atoms with Gasteiger partial charge in [-0.15, -0.1) is 12.4 Å². The van der Waals surface area contributed by atoms with Crippen molar-refractivity contribution in [2.45, 2.75) is 6.18 Å². The summed E-state index contributed by atoms with van der Waals surface area (Å²) in [6, 6.07) is 2.60. The van der Waals surface area contributed by atoms with Crippen molar-refractivity contribution in [3.8, 4) is 0 Å². The summed E-state index contributed by atoms with van der Waals surface area (Å²) in [7, 11) is 0. The summed E-state index contributed by atoms with van der Waals surface area (Å²) in [4.78, 5) is 10.6. The molecule has 84 valence electrons. The number of rotatable bonds is 1. The van der Waals surface area contributed by atoms with Gasteiger partial charge in [-0.3, -0.25) is 4.79 Å². The zero-order valence-corrected chi connectivity index (χ0v) is 8.71. The fraction of sp³-hybridized carbons (Fsp3) is 0.125. The number of halogens is 5. The van der Waals surface area contributed by atoms with Crippen LogP contribution >= 0.6 is 24.0 Å². The first kappa shape index (κ1) is 14.1. The Morgan fingerprint density at radius 2 is 1.87 bits per heavy atom. The molecule has 0 aliphatic carbocycles. The maximum Gasteiger partial charge on any atom is 0.417 e. The van der Waals surface area contributed by atoms with Crippen molar-refractivity contribution < 1.29 is 18.0 Å². The van der Waals surface area contributed by atoms with Crippen molar-refractivity contribution in [3.05, 3.63) is 34.3 Å². The fourth-order valence-electron chi connectivity index (χ4n) is 0.898. The van der Waals surface area contributed by atoms with Crippen LogP contribution < -0.4 is 5.73 Å². The van der Waals surface area contributed by atoms with E-state index in [0.717, 1.165) is 18.2 Å². The Morgan fingerprint density at radius 3 is 2.20 bits per heavy atom. The molecular formula is C8H6Cl2F3NO. The van der Waals surface area contributed by atoms with Crippen molar-refractivity contribution >= 4 is 29.9 Å². The zero-order valence-electron chi connectivity index (χ0n) is 7.14. The number of amides is 1. The molecule has 0 spiro atoms. The molecule has 1 amide bonds. The second-order valence-corrected chi connectivity index (χ2v) is 2.96. The third-order valence-electron chi connectivity index (χ3n) is 1.56. The van der Waals surface area contributed by atoms with Crippen LogP contribution in [0.1, 0.15) is 15.9 Å². The van der Waals surface area contributed by atoms with Crippen LogP contribution in [-0.4, -0.2) is 5.91 Å². The average Bonchev–Trinajstić information content (AvgIpc) is 2.01. The number of benzene rings is 1. The van der Waals surface area contributed by atoms with E-state index in [-0.39, 0.29) is 18.0 Å². The summed E-state index contributed by atoms with van der Waals surface area (Å²) < 4.78 is 36.5. The van der Waals surface area contributed by atoms with E-state index >= 15 is 0 Å². The molecule has 0 atom stereocenters. The molecule has 0 aromatic heterocycles. The van der Waals surface area contributed by atoms with Crippen molar-refractivity contribution in [2.24, 2.45) is 5.73 Å². The Labute approximate surface area is 94.6 Å².